The van der Waals surface area contributed by atoms with Crippen molar-refractivity contribution in [1.29, 1.82) is 0 Å². The fourth-order valence-corrected chi connectivity index (χ4v) is 3.35. The van der Waals surface area contributed by atoms with Gasteiger partial charge < -0.3 is 9.64 Å². The molecule has 0 N–H and O–H groups in total. The number of carbonyl (C=O) groups is 2. The van der Waals surface area contributed by atoms with E-state index in [4.69, 9.17) is 4.74 Å². The molecule has 132 valence electrons. The number of esters is 1. The predicted octanol–water partition coefficient (Wildman–Crippen LogP) is 3.20. The highest BCUT2D eigenvalue weighted by Crippen LogP contribution is 2.36. The zero-order valence-electron chi connectivity index (χ0n) is 14.7. The Labute approximate surface area is 143 Å². The first-order chi connectivity index (χ1) is 11.4. The van der Waals surface area contributed by atoms with Gasteiger partial charge in [0.05, 0.1) is 12.0 Å². The van der Waals surface area contributed by atoms with Crippen molar-refractivity contribution in [2.75, 3.05) is 19.7 Å². The van der Waals surface area contributed by atoms with Crippen LogP contribution in [0.4, 0.5) is 4.39 Å². The maximum absolute atomic E-state index is 13.2. The minimum atomic E-state index is -0.753. The summed E-state index contributed by atoms with van der Waals surface area (Å²) in [4.78, 5) is 26.9. The van der Waals surface area contributed by atoms with E-state index in [2.05, 4.69) is 0 Å². The zero-order chi connectivity index (χ0) is 17.7. The molecule has 0 radical (unpaired) electrons. The Kier molecular flexibility index (Phi) is 5.97. The predicted molar refractivity (Wildman–Crippen MR) is 89.8 cm³/mol. The van der Waals surface area contributed by atoms with E-state index >= 15 is 0 Å². The molecule has 1 atom stereocenters. The van der Waals surface area contributed by atoms with Gasteiger partial charge in [0, 0.05) is 19.0 Å². The van der Waals surface area contributed by atoms with Gasteiger partial charge in [-0.1, -0.05) is 26.0 Å². The Morgan fingerprint density at radius 1 is 1.29 bits per heavy atom. The molecular weight excluding hydrogens is 309 g/mol. The summed E-state index contributed by atoms with van der Waals surface area (Å²) in [6.45, 7) is 6.85. The molecule has 1 amide bonds. The van der Waals surface area contributed by atoms with Crippen molar-refractivity contribution in [2.45, 2.75) is 40.0 Å². The van der Waals surface area contributed by atoms with Crippen molar-refractivity contribution in [2.24, 2.45) is 11.3 Å². The summed E-state index contributed by atoms with van der Waals surface area (Å²) < 4.78 is 18.5. The van der Waals surface area contributed by atoms with Crippen LogP contribution in [0, 0.1) is 17.2 Å². The lowest BCUT2D eigenvalue weighted by molar-refractivity contribution is -0.161. The van der Waals surface area contributed by atoms with Gasteiger partial charge in [-0.3, -0.25) is 9.59 Å². The van der Waals surface area contributed by atoms with E-state index in [0.717, 1.165) is 12.0 Å². The fourth-order valence-electron chi connectivity index (χ4n) is 3.35. The molecule has 1 aliphatic heterocycles. The molecule has 1 aromatic rings. The molecular formula is C19H26FNO3. The molecule has 1 fully saturated rings. The standard InChI is InChI=1S/C19H26FNO3/c1-4-24-18(23)19(12-15-6-8-16(20)9-7-15)10-5-11-21(13-19)17(22)14(2)3/h6-9,14H,4-5,10-13H2,1-3H3. The number of carbonyl (C=O) groups excluding carboxylic acids is 2. The van der Waals surface area contributed by atoms with Crippen LogP contribution in [-0.4, -0.2) is 36.5 Å². The van der Waals surface area contributed by atoms with Gasteiger partial charge in [0.15, 0.2) is 0 Å². The molecule has 0 bridgehead atoms. The minimum absolute atomic E-state index is 0.0579. The highest BCUT2D eigenvalue weighted by molar-refractivity contribution is 5.82. The van der Waals surface area contributed by atoms with E-state index in [1.165, 1.54) is 12.1 Å². The van der Waals surface area contributed by atoms with Gasteiger partial charge in [-0.05, 0) is 43.9 Å². The minimum Gasteiger partial charge on any atom is -0.466 e. The quantitative estimate of drug-likeness (QED) is 0.776. The molecule has 4 nitrogen and oxygen atoms in total. The smallest absolute Gasteiger partial charge is 0.314 e. The van der Waals surface area contributed by atoms with Gasteiger partial charge in [0.1, 0.15) is 5.82 Å². The summed E-state index contributed by atoms with van der Waals surface area (Å²) in [6, 6.07) is 6.18. The molecule has 0 aromatic heterocycles. The van der Waals surface area contributed by atoms with Crippen LogP contribution < -0.4 is 0 Å². The molecule has 0 saturated carbocycles. The first kappa shape index (κ1) is 18.4. The molecule has 1 heterocycles. The van der Waals surface area contributed by atoms with Crippen molar-refractivity contribution in [1.82, 2.24) is 4.90 Å². The van der Waals surface area contributed by atoms with Crippen LogP contribution in [0.3, 0.4) is 0 Å². The second-order valence-electron chi connectivity index (χ2n) is 6.82. The molecule has 1 aliphatic rings. The van der Waals surface area contributed by atoms with Gasteiger partial charge in [0.2, 0.25) is 5.91 Å². The van der Waals surface area contributed by atoms with E-state index in [9.17, 15) is 14.0 Å². The average Bonchev–Trinajstić information content (AvgIpc) is 2.56. The molecule has 1 aromatic carbocycles. The highest BCUT2D eigenvalue weighted by atomic mass is 19.1. The normalized spacial score (nSPS) is 21.0. The van der Waals surface area contributed by atoms with Crippen LogP contribution in [0.5, 0.6) is 0 Å². The average molecular weight is 335 g/mol. The molecule has 24 heavy (non-hydrogen) atoms. The third-order valence-corrected chi connectivity index (χ3v) is 4.55. The number of halogens is 1. The number of hydrogen-bond donors (Lipinski definition) is 0. The number of likely N-dealkylation sites (tertiary alicyclic amines) is 1. The van der Waals surface area contributed by atoms with Gasteiger partial charge in [-0.2, -0.15) is 0 Å². The Balaban J connectivity index is 2.27. The Bertz CT molecular complexity index is 585. The van der Waals surface area contributed by atoms with E-state index in [1.807, 2.05) is 13.8 Å². The van der Waals surface area contributed by atoms with Crippen LogP contribution in [0.15, 0.2) is 24.3 Å². The summed E-state index contributed by atoms with van der Waals surface area (Å²) in [5, 5.41) is 0. The van der Waals surface area contributed by atoms with Crippen LogP contribution >= 0.6 is 0 Å². The van der Waals surface area contributed by atoms with Gasteiger partial charge in [0.25, 0.3) is 0 Å². The maximum Gasteiger partial charge on any atom is 0.314 e. The number of nitrogens with zero attached hydrogens (tertiary/aromatic N) is 1. The Morgan fingerprint density at radius 3 is 2.54 bits per heavy atom. The number of amides is 1. The van der Waals surface area contributed by atoms with Crippen LogP contribution in [-0.2, 0) is 20.7 Å². The van der Waals surface area contributed by atoms with E-state index < -0.39 is 5.41 Å². The lowest BCUT2D eigenvalue weighted by Gasteiger charge is -2.41. The van der Waals surface area contributed by atoms with Gasteiger partial charge >= 0.3 is 5.97 Å². The monoisotopic (exact) mass is 335 g/mol. The van der Waals surface area contributed by atoms with E-state index in [1.54, 1.807) is 24.0 Å². The fraction of sp³-hybridized carbons (Fsp3) is 0.579. The van der Waals surface area contributed by atoms with E-state index in [-0.39, 0.29) is 23.6 Å². The number of ether oxygens (including phenoxy) is 1. The van der Waals surface area contributed by atoms with Crippen molar-refractivity contribution >= 4 is 11.9 Å². The molecule has 1 unspecified atom stereocenters. The first-order valence-corrected chi connectivity index (χ1v) is 8.58. The van der Waals surface area contributed by atoms with Crippen molar-refractivity contribution in [3.63, 3.8) is 0 Å². The van der Waals surface area contributed by atoms with Crippen LogP contribution in [0.25, 0.3) is 0 Å². The second-order valence-corrected chi connectivity index (χ2v) is 6.82. The Hall–Kier alpha value is -1.91. The zero-order valence-corrected chi connectivity index (χ0v) is 14.7. The van der Waals surface area contributed by atoms with Crippen LogP contribution in [0.2, 0.25) is 0 Å². The third-order valence-electron chi connectivity index (χ3n) is 4.55. The number of rotatable bonds is 5. The van der Waals surface area contributed by atoms with E-state index in [0.29, 0.717) is 32.5 Å². The molecule has 2 rings (SSSR count). The maximum atomic E-state index is 13.2. The summed E-state index contributed by atoms with van der Waals surface area (Å²) in [6.07, 6.45) is 1.89. The van der Waals surface area contributed by atoms with Crippen LogP contribution in [0.1, 0.15) is 39.2 Å². The molecule has 0 aliphatic carbocycles. The lowest BCUT2D eigenvalue weighted by Crippen LogP contribution is -2.52. The van der Waals surface area contributed by atoms with Crippen molar-refractivity contribution in [3.05, 3.63) is 35.6 Å². The van der Waals surface area contributed by atoms with Crippen molar-refractivity contribution < 1.29 is 18.7 Å². The van der Waals surface area contributed by atoms with Gasteiger partial charge in [-0.25, -0.2) is 4.39 Å². The van der Waals surface area contributed by atoms with Crippen molar-refractivity contribution in [3.8, 4) is 0 Å². The first-order valence-electron chi connectivity index (χ1n) is 8.58. The summed E-state index contributed by atoms with van der Waals surface area (Å²) in [7, 11) is 0. The topological polar surface area (TPSA) is 46.6 Å². The molecule has 0 spiro atoms. The number of piperidine rings is 1. The summed E-state index contributed by atoms with van der Waals surface area (Å²) in [5.74, 6) is -0.615. The SMILES string of the molecule is CCOC(=O)C1(Cc2ccc(F)cc2)CCCN(C(=O)C(C)C)C1. The second kappa shape index (κ2) is 7.77. The molecule has 5 heteroatoms. The summed E-state index contributed by atoms with van der Waals surface area (Å²) in [5.41, 5.74) is 0.125. The number of benzene rings is 1. The summed E-state index contributed by atoms with van der Waals surface area (Å²) >= 11 is 0. The largest absolute Gasteiger partial charge is 0.466 e. The lowest BCUT2D eigenvalue weighted by atomic mass is 9.75. The number of hydrogen-bond acceptors (Lipinski definition) is 3. The highest BCUT2D eigenvalue weighted by Gasteiger charge is 2.45. The third kappa shape index (κ3) is 4.13. The molecule has 1 saturated heterocycles. The van der Waals surface area contributed by atoms with Gasteiger partial charge in [-0.15, -0.1) is 0 Å². The Morgan fingerprint density at radius 2 is 1.96 bits per heavy atom.